The van der Waals surface area contributed by atoms with Crippen molar-refractivity contribution >= 4 is 23.9 Å². The summed E-state index contributed by atoms with van der Waals surface area (Å²) in [5, 5.41) is 0. The standard InChI is InChI=1S/C21H23NO6/c1-14(2)22(16-8-6-5-7-9-16)18(24)13-28-21(25)19-15(12-23)10-11-17(26-3)20(19)27-4/h5-12,14H,13H2,1-4H3. The van der Waals surface area contributed by atoms with Gasteiger partial charge in [-0.25, -0.2) is 4.79 Å². The van der Waals surface area contributed by atoms with Crippen LogP contribution in [-0.2, 0) is 9.53 Å². The van der Waals surface area contributed by atoms with E-state index in [1.807, 2.05) is 32.0 Å². The van der Waals surface area contributed by atoms with Crippen LogP contribution in [0.5, 0.6) is 11.5 Å². The van der Waals surface area contributed by atoms with E-state index in [-0.39, 0.29) is 34.6 Å². The number of carbonyl (C=O) groups is 3. The first-order valence-corrected chi connectivity index (χ1v) is 8.69. The molecule has 0 aromatic heterocycles. The van der Waals surface area contributed by atoms with Gasteiger partial charge in [-0.1, -0.05) is 18.2 Å². The third kappa shape index (κ3) is 4.49. The maximum absolute atomic E-state index is 12.7. The second kappa shape index (κ2) is 9.55. The number of benzene rings is 2. The van der Waals surface area contributed by atoms with Crippen LogP contribution in [0.1, 0.15) is 34.6 Å². The molecule has 2 rings (SSSR count). The van der Waals surface area contributed by atoms with Gasteiger partial charge in [0.15, 0.2) is 24.4 Å². The summed E-state index contributed by atoms with van der Waals surface area (Å²) in [6.45, 7) is 3.25. The van der Waals surface area contributed by atoms with Gasteiger partial charge in [0.05, 0.1) is 14.2 Å². The lowest BCUT2D eigenvalue weighted by atomic mass is 10.1. The molecule has 28 heavy (non-hydrogen) atoms. The van der Waals surface area contributed by atoms with Crippen molar-refractivity contribution in [2.45, 2.75) is 19.9 Å². The lowest BCUT2D eigenvalue weighted by Crippen LogP contribution is -2.40. The molecule has 0 heterocycles. The molecule has 0 bridgehead atoms. The van der Waals surface area contributed by atoms with Gasteiger partial charge in [0.2, 0.25) is 0 Å². The van der Waals surface area contributed by atoms with Crippen molar-refractivity contribution in [1.82, 2.24) is 0 Å². The summed E-state index contributed by atoms with van der Waals surface area (Å²) < 4.78 is 15.6. The summed E-state index contributed by atoms with van der Waals surface area (Å²) in [4.78, 5) is 38.2. The Morgan fingerprint density at radius 1 is 1.04 bits per heavy atom. The largest absolute Gasteiger partial charge is 0.493 e. The molecule has 2 aromatic carbocycles. The van der Waals surface area contributed by atoms with Crippen molar-refractivity contribution in [2.75, 3.05) is 25.7 Å². The molecule has 7 nitrogen and oxygen atoms in total. The number of nitrogens with zero attached hydrogens (tertiary/aromatic N) is 1. The summed E-state index contributed by atoms with van der Waals surface area (Å²) in [7, 11) is 2.77. The first-order valence-electron chi connectivity index (χ1n) is 8.69. The maximum Gasteiger partial charge on any atom is 0.343 e. The smallest absolute Gasteiger partial charge is 0.343 e. The SMILES string of the molecule is COc1ccc(C=O)c(C(=O)OCC(=O)N(c2ccccc2)C(C)C)c1OC. The van der Waals surface area contributed by atoms with Crippen LogP contribution in [0.25, 0.3) is 0 Å². The van der Waals surface area contributed by atoms with E-state index in [9.17, 15) is 14.4 Å². The Bertz CT molecular complexity index is 847. The quantitative estimate of drug-likeness (QED) is 0.513. The Balaban J connectivity index is 2.24. The number of ether oxygens (including phenoxy) is 3. The van der Waals surface area contributed by atoms with Crippen molar-refractivity contribution in [3.63, 3.8) is 0 Å². The first-order chi connectivity index (χ1) is 13.4. The molecule has 0 saturated heterocycles. The minimum atomic E-state index is -0.844. The number of hydrogen-bond acceptors (Lipinski definition) is 6. The number of aldehydes is 1. The Morgan fingerprint density at radius 2 is 1.71 bits per heavy atom. The molecule has 7 heteroatoms. The van der Waals surface area contributed by atoms with Crippen molar-refractivity contribution in [3.8, 4) is 11.5 Å². The van der Waals surface area contributed by atoms with Crippen LogP contribution in [0, 0.1) is 0 Å². The molecule has 148 valence electrons. The summed E-state index contributed by atoms with van der Waals surface area (Å²) in [5.41, 5.74) is 0.699. The number of amides is 1. The first kappa shape index (κ1) is 21.0. The van der Waals surface area contributed by atoms with Gasteiger partial charge in [0, 0.05) is 17.3 Å². The molecule has 0 aliphatic rings. The Labute approximate surface area is 163 Å². The minimum absolute atomic E-state index is 0.0772. The molecule has 0 saturated carbocycles. The molecule has 0 atom stereocenters. The van der Waals surface area contributed by atoms with Gasteiger partial charge in [0.25, 0.3) is 5.91 Å². The number of rotatable bonds is 8. The Morgan fingerprint density at radius 3 is 2.25 bits per heavy atom. The zero-order valence-electron chi connectivity index (χ0n) is 16.3. The van der Waals surface area contributed by atoms with Gasteiger partial charge in [-0.2, -0.15) is 0 Å². The normalized spacial score (nSPS) is 10.3. The third-order valence-electron chi connectivity index (χ3n) is 4.06. The third-order valence-corrected chi connectivity index (χ3v) is 4.06. The summed E-state index contributed by atoms with van der Waals surface area (Å²) in [5.74, 6) is -0.875. The van der Waals surface area contributed by atoms with E-state index in [1.54, 1.807) is 12.1 Å². The van der Waals surface area contributed by atoms with Crippen LogP contribution in [-0.4, -0.2) is 45.0 Å². The van der Waals surface area contributed by atoms with Crippen molar-refractivity contribution in [1.29, 1.82) is 0 Å². The monoisotopic (exact) mass is 385 g/mol. The van der Waals surface area contributed by atoms with E-state index < -0.39 is 12.6 Å². The van der Waals surface area contributed by atoms with E-state index in [0.29, 0.717) is 12.0 Å². The van der Waals surface area contributed by atoms with Gasteiger partial charge in [-0.15, -0.1) is 0 Å². The summed E-state index contributed by atoms with van der Waals surface area (Å²) in [6.07, 6.45) is 0.519. The highest BCUT2D eigenvalue weighted by Crippen LogP contribution is 2.33. The summed E-state index contributed by atoms with van der Waals surface area (Å²) in [6, 6.07) is 11.9. The van der Waals surface area contributed by atoms with E-state index in [0.717, 1.165) is 0 Å². The molecule has 0 radical (unpaired) electrons. The average molecular weight is 385 g/mol. The maximum atomic E-state index is 12.7. The lowest BCUT2D eigenvalue weighted by Gasteiger charge is -2.26. The van der Waals surface area contributed by atoms with E-state index in [2.05, 4.69) is 0 Å². The van der Waals surface area contributed by atoms with Crippen molar-refractivity contribution in [3.05, 3.63) is 53.6 Å². The van der Waals surface area contributed by atoms with E-state index in [4.69, 9.17) is 14.2 Å². The van der Waals surface area contributed by atoms with Gasteiger partial charge >= 0.3 is 5.97 Å². The van der Waals surface area contributed by atoms with Crippen molar-refractivity contribution < 1.29 is 28.6 Å². The number of hydrogen-bond donors (Lipinski definition) is 0. The predicted molar refractivity (Wildman–Crippen MR) is 104 cm³/mol. The minimum Gasteiger partial charge on any atom is -0.493 e. The molecule has 0 unspecified atom stereocenters. The second-order valence-electron chi connectivity index (χ2n) is 6.15. The number of carbonyl (C=O) groups excluding carboxylic acids is 3. The Kier molecular flexibility index (Phi) is 7.14. The number of methoxy groups -OCH3 is 2. The highest BCUT2D eigenvalue weighted by Gasteiger charge is 2.25. The van der Waals surface area contributed by atoms with Crippen LogP contribution in [0.4, 0.5) is 5.69 Å². The number of anilines is 1. The van der Waals surface area contributed by atoms with Gasteiger partial charge < -0.3 is 19.1 Å². The molecule has 0 N–H and O–H groups in total. The number of esters is 1. The summed E-state index contributed by atoms with van der Waals surface area (Å²) >= 11 is 0. The van der Waals surface area contributed by atoms with E-state index in [1.165, 1.54) is 31.3 Å². The van der Waals surface area contributed by atoms with Gasteiger partial charge in [-0.05, 0) is 38.1 Å². The highest BCUT2D eigenvalue weighted by atomic mass is 16.5. The van der Waals surface area contributed by atoms with Crippen molar-refractivity contribution in [2.24, 2.45) is 0 Å². The molecule has 0 spiro atoms. The molecule has 0 aliphatic heterocycles. The molecular formula is C21H23NO6. The Hall–Kier alpha value is -3.35. The molecule has 2 aromatic rings. The van der Waals surface area contributed by atoms with Crippen LogP contribution in [0.15, 0.2) is 42.5 Å². The topological polar surface area (TPSA) is 82.1 Å². The van der Waals surface area contributed by atoms with Crippen LogP contribution in [0.2, 0.25) is 0 Å². The molecule has 0 fully saturated rings. The van der Waals surface area contributed by atoms with Crippen LogP contribution >= 0.6 is 0 Å². The molecule has 1 amide bonds. The zero-order valence-corrected chi connectivity index (χ0v) is 16.3. The fourth-order valence-electron chi connectivity index (χ4n) is 2.84. The van der Waals surface area contributed by atoms with Crippen LogP contribution < -0.4 is 14.4 Å². The highest BCUT2D eigenvalue weighted by molar-refractivity contribution is 6.03. The fourth-order valence-corrected chi connectivity index (χ4v) is 2.84. The van der Waals surface area contributed by atoms with Gasteiger partial charge in [0.1, 0.15) is 5.56 Å². The second-order valence-corrected chi connectivity index (χ2v) is 6.15. The van der Waals surface area contributed by atoms with Crippen LogP contribution in [0.3, 0.4) is 0 Å². The van der Waals surface area contributed by atoms with E-state index >= 15 is 0 Å². The van der Waals surface area contributed by atoms with Gasteiger partial charge in [-0.3, -0.25) is 9.59 Å². The molecular weight excluding hydrogens is 362 g/mol. The zero-order chi connectivity index (χ0) is 20.7. The molecule has 0 aliphatic carbocycles. The number of para-hydroxylation sites is 1. The lowest BCUT2D eigenvalue weighted by molar-refractivity contribution is -0.122. The average Bonchev–Trinajstić information content (AvgIpc) is 2.71. The predicted octanol–water partition coefficient (Wildman–Crippen LogP) is 3.11. The fraction of sp³-hybridized carbons (Fsp3) is 0.286.